The van der Waals surface area contributed by atoms with Gasteiger partial charge in [0.25, 0.3) is 0 Å². The van der Waals surface area contributed by atoms with Gasteiger partial charge >= 0.3 is 0 Å². The fourth-order valence-corrected chi connectivity index (χ4v) is 6.72. The Kier molecular flexibility index (Phi) is 11.6. The first-order valence-corrected chi connectivity index (χ1v) is 17.9. The summed E-state index contributed by atoms with van der Waals surface area (Å²) in [5.74, 6) is 0.709. The van der Waals surface area contributed by atoms with Crippen LogP contribution in [0.4, 0.5) is 0 Å². The number of methoxy groups -OCH3 is 2. The Morgan fingerprint density at radius 3 is 1.29 bits per heavy atom. The van der Waals surface area contributed by atoms with Crippen LogP contribution >= 0.6 is 0 Å². The summed E-state index contributed by atoms with van der Waals surface area (Å²) in [5, 5.41) is 42.5. The maximum atomic E-state index is 10.9. The Balaban J connectivity index is 0.000000133. The number of fused-ring (bicyclic) bond motifs is 3. The number of phenols is 3. The fraction of sp³-hybridized carbons (Fsp3) is 0.0638. The Labute approximate surface area is 331 Å². The molecule has 0 spiro atoms. The first-order chi connectivity index (χ1) is 28.3. The highest BCUT2D eigenvalue weighted by molar-refractivity contribution is 6.04. The van der Waals surface area contributed by atoms with E-state index in [1.54, 1.807) is 75.5 Å². The van der Waals surface area contributed by atoms with Gasteiger partial charge in [-0.1, -0.05) is 59.8 Å². The second-order valence-electron chi connectivity index (χ2n) is 12.9. The molecule has 11 nitrogen and oxygen atoms in total. The van der Waals surface area contributed by atoms with Crippen molar-refractivity contribution in [3.63, 3.8) is 0 Å². The van der Waals surface area contributed by atoms with E-state index in [-0.39, 0.29) is 17.2 Å². The van der Waals surface area contributed by atoms with Crippen LogP contribution in [0.2, 0.25) is 0 Å². The quantitative estimate of drug-likeness (QED) is 0.0383. The van der Waals surface area contributed by atoms with Crippen LogP contribution in [-0.4, -0.2) is 47.2 Å². The minimum Gasteiger partial charge on any atom is -0.508 e. The molecule has 0 aliphatic rings. The van der Waals surface area contributed by atoms with Crippen molar-refractivity contribution in [1.29, 1.82) is 0 Å². The van der Waals surface area contributed by atoms with Crippen molar-refractivity contribution in [2.75, 3.05) is 14.2 Å². The lowest BCUT2D eigenvalue weighted by Crippen LogP contribution is -2.04. The van der Waals surface area contributed by atoms with E-state index in [1.807, 2.05) is 84.9 Å². The number of rotatable bonds is 8. The summed E-state index contributed by atoms with van der Waals surface area (Å²) in [5.41, 5.74) is 10.1. The molecular formula is C47H37NO10. The molecule has 58 heavy (non-hydrogen) atoms. The first kappa shape index (κ1) is 38.7. The van der Waals surface area contributed by atoms with Crippen LogP contribution in [0.3, 0.4) is 0 Å². The zero-order valence-electron chi connectivity index (χ0n) is 31.3. The maximum Gasteiger partial charge on any atom is 0.186 e. The highest BCUT2D eigenvalue weighted by atomic mass is 16.7. The van der Waals surface area contributed by atoms with Gasteiger partial charge in [0.1, 0.15) is 34.0 Å². The summed E-state index contributed by atoms with van der Waals surface area (Å²) < 4.78 is 27.0. The van der Waals surface area contributed by atoms with E-state index in [0.29, 0.717) is 22.3 Å². The third-order valence-corrected chi connectivity index (χ3v) is 9.48. The van der Waals surface area contributed by atoms with E-state index < -0.39 is 6.29 Å². The van der Waals surface area contributed by atoms with Crippen LogP contribution in [0.5, 0.6) is 17.2 Å². The topological polar surface area (TPSA) is 168 Å². The second-order valence-corrected chi connectivity index (χ2v) is 12.9. The molecule has 4 N–H and O–H groups in total. The van der Waals surface area contributed by atoms with Gasteiger partial charge < -0.3 is 43.3 Å². The summed E-state index contributed by atoms with van der Waals surface area (Å²) >= 11 is 0. The number of carbonyl (C=O) groups is 1. The van der Waals surface area contributed by atoms with E-state index >= 15 is 0 Å². The van der Waals surface area contributed by atoms with Gasteiger partial charge in [0, 0.05) is 35.9 Å². The van der Waals surface area contributed by atoms with E-state index in [0.717, 1.165) is 67.0 Å². The van der Waals surface area contributed by atoms with Crippen LogP contribution in [0.1, 0.15) is 27.8 Å². The van der Waals surface area contributed by atoms with Crippen LogP contribution < -0.4 is 0 Å². The van der Waals surface area contributed by atoms with Gasteiger partial charge in [0.05, 0.1) is 36.1 Å². The van der Waals surface area contributed by atoms with Crippen LogP contribution in [0, 0.1) is 0 Å². The van der Waals surface area contributed by atoms with Gasteiger partial charge in [0.15, 0.2) is 12.6 Å². The Bertz CT molecular complexity index is 2810. The number of hydrogen-bond donors (Lipinski definition) is 4. The van der Waals surface area contributed by atoms with Crippen molar-refractivity contribution in [2.24, 2.45) is 5.16 Å². The third-order valence-electron chi connectivity index (χ3n) is 9.48. The van der Waals surface area contributed by atoms with Crippen LogP contribution in [0.15, 0.2) is 165 Å². The van der Waals surface area contributed by atoms with Crippen molar-refractivity contribution in [3.05, 3.63) is 163 Å². The molecule has 290 valence electrons. The molecule has 0 aliphatic heterocycles. The largest absolute Gasteiger partial charge is 0.508 e. The number of furan rings is 3. The number of aromatic hydroxyl groups is 3. The molecule has 6 aromatic carbocycles. The normalized spacial score (nSPS) is 11.2. The molecule has 0 saturated heterocycles. The summed E-state index contributed by atoms with van der Waals surface area (Å²) in [6.07, 6.45) is 6.48. The van der Waals surface area contributed by atoms with Crippen LogP contribution in [-0.2, 0) is 9.47 Å². The third kappa shape index (κ3) is 8.03. The predicted molar refractivity (Wildman–Crippen MR) is 221 cm³/mol. The van der Waals surface area contributed by atoms with Crippen molar-refractivity contribution in [3.8, 4) is 50.6 Å². The average molecular weight is 776 g/mol. The van der Waals surface area contributed by atoms with E-state index in [9.17, 15) is 20.1 Å². The summed E-state index contributed by atoms with van der Waals surface area (Å²) in [7, 11) is 3.19. The lowest BCUT2D eigenvalue weighted by molar-refractivity contribution is -0.105. The molecule has 0 amide bonds. The molecule has 11 heteroatoms. The molecule has 0 saturated carbocycles. The molecule has 0 atom stereocenters. The van der Waals surface area contributed by atoms with Gasteiger partial charge in [-0.2, -0.15) is 0 Å². The number of phenolic OH excluding ortho intramolecular Hbond substituents is 3. The lowest BCUT2D eigenvalue weighted by Gasteiger charge is -2.15. The van der Waals surface area contributed by atoms with Crippen molar-refractivity contribution >= 4 is 45.4 Å². The number of benzene rings is 6. The average Bonchev–Trinajstić information content (AvgIpc) is 4.06. The number of oxime groups is 1. The zero-order valence-corrected chi connectivity index (χ0v) is 31.3. The second kappa shape index (κ2) is 17.5. The molecule has 0 bridgehead atoms. The highest BCUT2D eigenvalue weighted by Gasteiger charge is 2.18. The van der Waals surface area contributed by atoms with Crippen LogP contribution in [0.25, 0.3) is 66.3 Å². The molecule has 0 unspecified atom stereocenters. The lowest BCUT2D eigenvalue weighted by atomic mass is 9.99. The van der Waals surface area contributed by atoms with Gasteiger partial charge in [0.2, 0.25) is 0 Å². The standard InChI is InChI=1S/C17H16O4.C15H11NO3.C15H10O3/c1-19-17(20-2)15-8-7-13(14-9-10-21-16(14)15)11-3-5-12(18)6-4-11;17-12-4-1-10(2-5-12)13-6-3-11(9-16-18)15-14(13)7-8-19-15;16-9-11-3-6-13(14-7-8-18-15(11)14)10-1-4-12(17)5-2-10/h3-10,17-18H,1-2H3;1-9,17-18H;1-9,17H/b;16-9+;. The SMILES string of the molecule is COC(OC)c1ccc(-c2ccc(O)cc2)c2ccoc12.O/N=C/c1ccc(-c2ccc(O)cc2)c2ccoc12.O=Cc1ccc(-c2ccc(O)cc2)c2ccoc12. The highest BCUT2D eigenvalue weighted by Crippen LogP contribution is 2.36. The Morgan fingerprint density at radius 1 is 0.500 bits per heavy atom. The fourth-order valence-electron chi connectivity index (χ4n) is 6.72. The predicted octanol–water partition coefficient (Wildman–Crippen LogP) is 11.3. The molecule has 9 rings (SSSR count). The van der Waals surface area contributed by atoms with E-state index in [1.165, 1.54) is 6.21 Å². The molecule has 3 aromatic heterocycles. The minimum atomic E-state index is -0.465. The van der Waals surface area contributed by atoms with Gasteiger partial charge in [-0.3, -0.25) is 4.79 Å². The van der Waals surface area contributed by atoms with Crippen molar-refractivity contribution in [2.45, 2.75) is 6.29 Å². The van der Waals surface area contributed by atoms with E-state index in [2.05, 4.69) is 5.16 Å². The summed E-state index contributed by atoms with van der Waals surface area (Å²) in [6, 6.07) is 37.9. The number of aldehydes is 1. The Hall–Kier alpha value is -7.60. The zero-order chi connectivity index (χ0) is 40.6. The van der Waals surface area contributed by atoms with E-state index in [4.69, 9.17) is 27.9 Å². The number of hydrogen-bond acceptors (Lipinski definition) is 11. The first-order valence-electron chi connectivity index (χ1n) is 17.9. The smallest absolute Gasteiger partial charge is 0.186 e. The number of nitrogens with zero attached hydrogens (tertiary/aromatic N) is 1. The summed E-state index contributed by atoms with van der Waals surface area (Å²) in [6.45, 7) is 0. The van der Waals surface area contributed by atoms with Gasteiger partial charge in [-0.05, 0) is 106 Å². The number of carbonyl (C=O) groups excluding carboxylic acids is 1. The molecule has 9 aromatic rings. The Morgan fingerprint density at radius 2 is 0.879 bits per heavy atom. The monoisotopic (exact) mass is 775 g/mol. The molecule has 0 aliphatic carbocycles. The minimum absolute atomic E-state index is 0.228. The molecule has 0 radical (unpaired) electrons. The molecule has 3 heterocycles. The van der Waals surface area contributed by atoms with Gasteiger partial charge in [-0.15, -0.1) is 0 Å². The molecular weight excluding hydrogens is 739 g/mol. The maximum absolute atomic E-state index is 10.9. The summed E-state index contributed by atoms with van der Waals surface area (Å²) in [4.78, 5) is 10.9. The molecule has 0 fully saturated rings. The van der Waals surface area contributed by atoms with Gasteiger partial charge in [-0.25, -0.2) is 0 Å². The van der Waals surface area contributed by atoms with Crippen molar-refractivity contribution < 1.29 is 48.0 Å². The van der Waals surface area contributed by atoms with Crippen molar-refractivity contribution in [1.82, 2.24) is 0 Å². The number of ether oxygens (including phenoxy) is 2.